The Morgan fingerprint density at radius 2 is 1.61 bits per heavy atom. The molecular formula is C47H80O12. The van der Waals surface area contributed by atoms with Crippen molar-refractivity contribution >= 4 is 5.97 Å². The normalized spacial score (nSPS) is 49.4. The fourth-order valence-corrected chi connectivity index (χ4v) is 12.3. The van der Waals surface area contributed by atoms with Crippen molar-refractivity contribution in [2.24, 2.45) is 41.4 Å². The summed E-state index contributed by atoms with van der Waals surface area (Å²) in [5.41, 5.74) is -0.769. The number of carboxylic acids is 1. The summed E-state index contributed by atoms with van der Waals surface area (Å²) in [7, 11) is 1.79. The minimum Gasteiger partial charge on any atom is -0.478 e. The first-order chi connectivity index (χ1) is 27.7. The van der Waals surface area contributed by atoms with Gasteiger partial charge in [-0.3, -0.25) is 0 Å². The average molecular weight is 837 g/mol. The van der Waals surface area contributed by atoms with Gasteiger partial charge in [0.2, 0.25) is 0 Å². The van der Waals surface area contributed by atoms with Crippen molar-refractivity contribution in [3.8, 4) is 0 Å². The monoisotopic (exact) mass is 837 g/mol. The highest BCUT2D eigenvalue weighted by molar-refractivity contribution is 5.85. The predicted octanol–water partition coefficient (Wildman–Crippen LogP) is 7.18. The number of methoxy groups -OCH3 is 1. The van der Waals surface area contributed by atoms with E-state index >= 15 is 0 Å². The molecular weight excluding hydrogens is 757 g/mol. The maximum absolute atomic E-state index is 11.2. The molecule has 0 bridgehead atoms. The van der Waals surface area contributed by atoms with Gasteiger partial charge in [0.15, 0.2) is 11.6 Å². The zero-order valence-corrected chi connectivity index (χ0v) is 38.1. The lowest BCUT2D eigenvalue weighted by molar-refractivity contribution is -0.353. The fourth-order valence-electron chi connectivity index (χ4n) is 12.3. The van der Waals surface area contributed by atoms with Gasteiger partial charge >= 0.3 is 5.97 Å². The molecule has 340 valence electrons. The molecule has 0 aromatic carbocycles. The summed E-state index contributed by atoms with van der Waals surface area (Å²) in [5.74, 6) is -2.57. The second-order valence-electron chi connectivity index (χ2n) is 20.9. The molecule has 6 heterocycles. The topological polar surface area (TPSA) is 163 Å². The van der Waals surface area contributed by atoms with Crippen molar-refractivity contribution in [1.29, 1.82) is 0 Å². The zero-order chi connectivity index (χ0) is 43.2. The number of carbonyl (C=O) groups is 1. The van der Waals surface area contributed by atoms with Crippen LogP contribution in [0, 0.1) is 41.4 Å². The number of aliphatic hydroxyl groups excluding tert-OH is 2. The summed E-state index contributed by atoms with van der Waals surface area (Å²) < 4.78 is 47.6. The van der Waals surface area contributed by atoms with Crippen molar-refractivity contribution in [2.75, 3.05) is 13.7 Å². The van der Waals surface area contributed by atoms with Gasteiger partial charge in [-0.25, -0.2) is 4.79 Å². The number of aliphatic hydroxyl groups is 3. The van der Waals surface area contributed by atoms with Crippen molar-refractivity contribution in [1.82, 2.24) is 0 Å². The Balaban J connectivity index is 1.07. The number of aliphatic carboxylic acids is 1. The van der Waals surface area contributed by atoms with Crippen LogP contribution in [0.1, 0.15) is 146 Å². The van der Waals surface area contributed by atoms with E-state index in [9.17, 15) is 25.2 Å². The summed E-state index contributed by atoms with van der Waals surface area (Å²) in [6.45, 7) is 20.5. The van der Waals surface area contributed by atoms with E-state index in [-0.39, 0.29) is 84.3 Å². The summed E-state index contributed by atoms with van der Waals surface area (Å²) in [6.07, 6.45) is 9.56. The van der Waals surface area contributed by atoms with Crippen LogP contribution in [0.5, 0.6) is 0 Å². The number of hydrogen-bond acceptors (Lipinski definition) is 11. The third kappa shape index (κ3) is 9.82. The Labute approximate surface area is 354 Å². The number of carboxylic acid groups (broad SMARTS) is 1. The lowest BCUT2D eigenvalue weighted by atomic mass is 9.78. The maximum Gasteiger partial charge on any atom is 0.330 e. The first-order valence-corrected chi connectivity index (χ1v) is 23.2. The predicted molar refractivity (Wildman–Crippen MR) is 222 cm³/mol. The fraction of sp³-hybridized carbons (Fsp3) is 0.936. The average Bonchev–Trinajstić information content (AvgIpc) is 3.85. The Morgan fingerprint density at radius 3 is 2.29 bits per heavy atom. The number of ether oxygens (including phenoxy) is 7. The van der Waals surface area contributed by atoms with Crippen LogP contribution in [0.3, 0.4) is 0 Å². The zero-order valence-electron chi connectivity index (χ0n) is 38.1. The van der Waals surface area contributed by atoms with Gasteiger partial charge in [0.1, 0.15) is 0 Å². The molecule has 0 radical (unpaired) electrons. The lowest BCUT2D eigenvalue weighted by Gasteiger charge is -2.50. The van der Waals surface area contributed by atoms with Crippen LogP contribution in [0.15, 0.2) is 11.6 Å². The van der Waals surface area contributed by atoms with Crippen molar-refractivity contribution < 1.29 is 58.4 Å². The molecule has 4 N–H and O–H groups in total. The summed E-state index contributed by atoms with van der Waals surface area (Å²) in [6, 6.07) is 0. The Bertz CT molecular complexity index is 1460. The van der Waals surface area contributed by atoms with Crippen LogP contribution in [-0.4, -0.2) is 118 Å². The van der Waals surface area contributed by atoms with E-state index < -0.39 is 41.5 Å². The molecule has 0 amide bonds. The van der Waals surface area contributed by atoms with Crippen molar-refractivity contribution in [3.05, 3.63) is 11.6 Å². The molecule has 0 saturated carbocycles. The van der Waals surface area contributed by atoms with Crippen LogP contribution in [-0.2, 0) is 38.0 Å². The minimum atomic E-state index is -1.56. The van der Waals surface area contributed by atoms with Gasteiger partial charge in [0.25, 0.3) is 0 Å². The Kier molecular flexibility index (Phi) is 14.8. The van der Waals surface area contributed by atoms with Gasteiger partial charge in [-0.05, 0) is 109 Å². The van der Waals surface area contributed by atoms with Gasteiger partial charge in [0.05, 0.1) is 72.7 Å². The smallest absolute Gasteiger partial charge is 0.330 e. The molecule has 3 unspecified atom stereocenters. The lowest BCUT2D eigenvalue weighted by Crippen LogP contribution is -2.58. The molecule has 6 rings (SSSR count). The quantitative estimate of drug-likeness (QED) is 0.131. The van der Waals surface area contributed by atoms with Gasteiger partial charge in [-0.2, -0.15) is 0 Å². The highest BCUT2D eigenvalue weighted by atomic mass is 16.7. The number of hydrogen-bond donors (Lipinski definition) is 4. The van der Waals surface area contributed by atoms with E-state index in [1.807, 2.05) is 13.8 Å². The molecule has 6 aliphatic rings. The van der Waals surface area contributed by atoms with Gasteiger partial charge in [0, 0.05) is 43.3 Å². The molecule has 0 aromatic rings. The van der Waals surface area contributed by atoms with Crippen LogP contribution in [0.2, 0.25) is 0 Å². The van der Waals surface area contributed by atoms with Gasteiger partial charge in [-0.15, -0.1) is 0 Å². The van der Waals surface area contributed by atoms with Crippen LogP contribution in [0.25, 0.3) is 0 Å². The van der Waals surface area contributed by atoms with Gasteiger partial charge < -0.3 is 53.6 Å². The first kappa shape index (κ1) is 47.3. The van der Waals surface area contributed by atoms with E-state index in [0.29, 0.717) is 30.8 Å². The van der Waals surface area contributed by atoms with Crippen molar-refractivity contribution in [2.45, 2.75) is 224 Å². The Morgan fingerprint density at radius 1 is 0.881 bits per heavy atom. The Hall–Kier alpha value is -1.19. The minimum absolute atomic E-state index is 0.00142. The number of allylic oxidation sites excluding steroid dienone is 1. The third-order valence-corrected chi connectivity index (χ3v) is 16.0. The van der Waals surface area contributed by atoms with Gasteiger partial charge in [-0.1, -0.05) is 54.5 Å². The third-order valence-electron chi connectivity index (χ3n) is 16.0. The molecule has 12 heteroatoms. The summed E-state index contributed by atoms with van der Waals surface area (Å²) in [4.78, 5) is 11.2. The standard InChI is InChI=1S/C47H80O12/c1-26(18-30(5)43(50)51)12-14-34(49)21-37-27(2)13-15-35(54-37)22-36-23-38(53-11)33(8)47(56-36)32(7)24-45(10,59-47)40-16-17-44(9,57-40)42-29(4)20-39(55-42)41-28(3)19-31(6)46(52,25-48)58-41/h18,26-29,31-42,48-49,52H,12-17,19-25H2,1-11H3,(H,50,51)/b30-18+/t26?,27-,28-,29-,31+,32+,33+,34?,35+,36+,37-,38+,39+,40+,41-,42+,44-,45-,46-,47?/m0/s1. The molecule has 0 aliphatic carbocycles. The van der Waals surface area contributed by atoms with Crippen LogP contribution in [0.4, 0.5) is 0 Å². The van der Waals surface area contributed by atoms with E-state index in [2.05, 4.69) is 48.5 Å². The molecule has 0 aromatic heterocycles. The largest absolute Gasteiger partial charge is 0.478 e. The molecule has 6 aliphatic heterocycles. The second kappa shape index (κ2) is 18.5. The van der Waals surface area contributed by atoms with Crippen LogP contribution < -0.4 is 0 Å². The first-order valence-electron chi connectivity index (χ1n) is 23.2. The molecule has 12 nitrogen and oxygen atoms in total. The highest BCUT2D eigenvalue weighted by Crippen LogP contribution is 2.57. The van der Waals surface area contributed by atoms with E-state index in [1.165, 1.54) is 0 Å². The van der Waals surface area contributed by atoms with E-state index in [4.69, 9.17) is 33.2 Å². The van der Waals surface area contributed by atoms with E-state index in [0.717, 1.165) is 57.8 Å². The molecule has 6 fully saturated rings. The highest BCUT2D eigenvalue weighted by Gasteiger charge is 2.65. The summed E-state index contributed by atoms with van der Waals surface area (Å²) in [5, 5.41) is 41.3. The summed E-state index contributed by atoms with van der Waals surface area (Å²) >= 11 is 0. The molecule has 20 atom stereocenters. The van der Waals surface area contributed by atoms with Crippen LogP contribution >= 0.6 is 0 Å². The molecule has 1 spiro atoms. The molecule has 6 saturated heterocycles. The molecule has 59 heavy (non-hydrogen) atoms. The SMILES string of the molecule is CO[C@@H]1C[C@@H](C[C@H]2CC[C@H](C)[C@H](CC(O)CCC(C)/C=C(\C)C(=O)O)O2)OC2(O[C@](C)([C@H]3CC[C@@](C)([C@@H]4O[C@@H]([C@H]5O[C@@](O)(CO)[C@H](C)C[C@@H]5C)C[C@@H]4C)O3)C[C@H]2C)[C@@H]1C. The second-order valence-corrected chi connectivity index (χ2v) is 20.9. The maximum atomic E-state index is 11.2. The number of rotatable bonds is 14. The van der Waals surface area contributed by atoms with E-state index in [1.54, 1.807) is 20.1 Å². The van der Waals surface area contributed by atoms with Crippen molar-refractivity contribution in [3.63, 3.8) is 0 Å².